The summed E-state index contributed by atoms with van der Waals surface area (Å²) in [4.78, 5) is 14.9. The molecule has 1 heterocycles. The molecule has 2 aromatic carbocycles. The van der Waals surface area contributed by atoms with Crippen molar-refractivity contribution in [1.29, 1.82) is 0 Å². The molecule has 0 aromatic heterocycles. The van der Waals surface area contributed by atoms with Crippen molar-refractivity contribution in [1.82, 2.24) is 9.21 Å². The number of aryl methyl sites for hydroxylation is 1. The lowest BCUT2D eigenvalue weighted by atomic mass is 9.98. The molecular weight excluding hydrogens is 388 g/mol. The number of hydrogen-bond donors (Lipinski definition) is 0. The van der Waals surface area contributed by atoms with Gasteiger partial charge in [0.2, 0.25) is 15.9 Å². The Morgan fingerprint density at radius 1 is 1.14 bits per heavy atom. The first-order valence-electron chi connectivity index (χ1n) is 9.76. The first-order valence-corrected chi connectivity index (χ1v) is 11.2. The number of ether oxygens (including phenoxy) is 1. The molecule has 7 heteroatoms. The fourth-order valence-electron chi connectivity index (χ4n) is 3.62. The second-order valence-electron chi connectivity index (χ2n) is 7.56. The Kier molecular flexibility index (Phi) is 6.59. The molecule has 0 saturated carbocycles. The van der Waals surface area contributed by atoms with Gasteiger partial charge in [-0.2, -0.15) is 4.31 Å². The Hall–Kier alpha value is -2.38. The molecule has 0 bridgehead atoms. The number of benzene rings is 2. The van der Waals surface area contributed by atoms with Crippen LogP contribution in [0.25, 0.3) is 0 Å². The molecule has 1 saturated heterocycles. The summed E-state index contributed by atoms with van der Waals surface area (Å²) in [7, 11) is -0.210. The van der Waals surface area contributed by atoms with E-state index in [0.29, 0.717) is 25.9 Å². The van der Waals surface area contributed by atoms with E-state index >= 15 is 0 Å². The molecule has 0 N–H and O–H groups in total. The number of hydrogen-bond acceptors (Lipinski definition) is 4. The van der Waals surface area contributed by atoms with E-state index in [4.69, 9.17) is 4.74 Å². The zero-order valence-corrected chi connectivity index (χ0v) is 18.0. The topological polar surface area (TPSA) is 66.9 Å². The minimum atomic E-state index is -3.59. The molecule has 1 atom stereocenters. The molecule has 2 aromatic rings. The standard InChI is InChI=1S/C22H28N2O4S/c1-17-6-12-21(13-7-17)29(26,27)24-14-4-5-19(16-24)22(25)23(2)15-18-8-10-20(28-3)11-9-18/h6-13,19H,4-5,14-16H2,1-3H3/t19-/m0/s1. The van der Waals surface area contributed by atoms with Crippen LogP contribution in [-0.4, -0.2) is 50.8 Å². The smallest absolute Gasteiger partial charge is 0.243 e. The van der Waals surface area contributed by atoms with Crippen LogP contribution in [0.3, 0.4) is 0 Å². The molecule has 29 heavy (non-hydrogen) atoms. The highest BCUT2D eigenvalue weighted by molar-refractivity contribution is 7.89. The molecule has 1 fully saturated rings. The Morgan fingerprint density at radius 2 is 1.79 bits per heavy atom. The van der Waals surface area contributed by atoms with Gasteiger partial charge in [0, 0.05) is 26.7 Å². The molecule has 0 radical (unpaired) electrons. The van der Waals surface area contributed by atoms with Crippen molar-refractivity contribution in [3.05, 3.63) is 59.7 Å². The molecule has 1 aliphatic heterocycles. The van der Waals surface area contributed by atoms with E-state index in [9.17, 15) is 13.2 Å². The lowest BCUT2D eigenvalue weighted by Crippen LogP contribution is -2.45. The number of rotatable bonds is 6. The number of piperidine rings is 1. The van der Waals surface area contributed by atoms with Crippen molar-refractivity contribution < 1.29 is 17.9 Å². The Labute approximate surface area is 173 Å². The summed E-state index contributed by atoms with van der Waals surface area (Å²) < 4.78 is 32.6. The predicted molar refractivity (Wildman–Crippen MR) is 112 cm³/mol. The lowest BCUT2D eigenvalue weighted by molar-refractivity contribution is -0.135. The monoisotopic (exact) mass is 416 g/mol. The van der Waals surface area contributed by atoms with Gasteiger partial charge in [-0.15, -0.1) is 0 Å². The van der Waals surface area contributed by atoms with Gasteiger partial charge >= 0.3 is 0 Å². The molecule has 0 unspecified atom stereocenters. The molecule has 3 rings (SSSR count). The molecule has 1 aliphatic rings. The summed E-state index contributed by atoms with van der Waals surface area (Å²) in [6, 6.07) is 14.4. The third-order valence-electron chi connectivity index (χ3n) is 5.35. The summed E-state index contributed by atoms with van der Waals surface area (Å²) >= 11 is 0. The number of amides is 1. The van der Waals surface area contributed by atoms with Crippen LogP contribution in [0.2, 0.25) is 0 Å². The Morgan fingerprint density at radius 3 is 2.41 bits per heavy atom. The zero-order chi connectivity index (χ0) is 21.0. The quantitative estimate of drug-likeness (QED) is 0.726. The maximum Gasteiger partial charge on any atom is 0.243 e. The number of nitrogens with zero attached hydrogens (tertiary/aromatic N) is 2. The number of carbonyl (C=O) groups is 1. The number of methoxy groups -OCH3 is 1. The van der Waals surface area contributed by atoms with Crippen molar-refractivity contribution in [3.8, 4) is 5.75 Å². The minimum absolute atomic E-state index is 0.0235. The normalized spacial score (nSPS) is 17.7. The van der Waals surface area contributed by atoms with Crippen molar-refractivity contribution in [3.63, 3.8) is 0 Å². The zero-order valence-electron chi connectivity index (χ0n) is 17.2. The third-order valence-corrected chi connectivity index (χ3v) is 7.23. The summed E-state index contributed by atoms with van der Waals surface area (Å²) in [5.74, 6) is 0.420. The highest BCUT2D eigenvalue weighted by atomic mass is 32.2. The van der Waals surface area contributed by atoms with E-state index in [0.717, 1.165) is 16.9 Å². The minimum Gasteiger partial charge on any atom is -0.497 e. The second-order valence-corrected chi connectivity index (χ2v) is 9.50. The van der Waals surface area contributed by atoms with Crippen LogP contribution in [0.5, 0.6) is 5.75 Å². The van der Waals surface area contributed by atoms with Crippen molar-refractivity contribution >= 4 is 15.9 Å². The van der Waals surface area contributed by atoms with Crippen LogP contribution in [-0.2, 0) is 21.4 Å². The predicted octanol–water partition coefficient (Wildman–Crippen LogP) is 3.06. The first kappa shape index (κ1) is 21.3. The van der Waals surface area contributed by atoms with Gasteiger partial charge < -0.3 is 9.64 Å². The maximum atomic E-state index is 13.0. The lowest BCUT2D eigenvalue weighted by Gasteiger charge is -2.33. The Balaban J connectivity index is 1.67. The van der Waals surface area contributed by atoms with Crippen molar-refractivity contribution in [2.24, 2.45) is 5.92 Å². The fraction of sp³-hybridized carbons (Fsp3) is 0.409. The van der Waals surface area contributed by atoms with Crippen molar-refractivity contribution in [2.45, 2.75) is 31.2 Å². The summed E-state index contributed by atoms with van der Waals surface area (Å²) in [5.41, 5.74) is 2.01. The third kappa shape index (κ3) is 4.97. The summed E-state index contributed by atoms with van der Waals surface area (Å²) in [5, 5.41) is 0. The van der Waals surface area contributed by atoms with E-state index < -0.39 is 10.0 Å². The second kappa shape index (κ2) is 8.97. The highest BCUT2D eigenvalue weighted by Gasteiger charge is 2.34. The van der Waals surface area contributed by atoms with Gasteiger partial charge in [0.05, 0.1) is 17.9 Å². The van der Waals surface area contributed by atoms with Gasteiger partial charge in [-0.1, -0.05) is 29.8 Å². The molecule has 1 amide bonds. The van der Waals surface area contributed by atoms with Gasteiger partial charge in [-0.3, -0.25) is 4.79 Å². The van der Waals surface area contributed by atoms with Crippen LogP contribution in [0.1, 0.15) is 24.0 Å². The van der Waals surface area contributed by atoms with E-state index in [-0.39, 0.29) is 23.3 Å². The summed E-state index contributed by atoms with van der Waals surface area (Å²) in [6.07, 6.45) is 1.38. The SMILES string of the molecule is COc1ccc(CN(C)C(=O)[C@H]2CCCN(S(=O)(=O)c3ccc(C)cc3)C2)cc1. The van der Waals surface area contributed by atoms with Crippen LogP contribution < -0.4 is 4.74 Å². The van der Waals surface area contributed by atoms with Gasteiger partial charge in [-0.05, 0) is 49.6 Å². The van der Waals surface area contributed by atoms with Crippen LogP contribution in [0, 0.1) is 12.8 Å². The number of sulfonamides is 1. The molecule has 0 aliphatic carbocycles. The van der Waals surface area contributed by atoms with E-state index in [1.165, 1.54) is 4.31 Å². The fourth-order valence-corrected chi connectivity index (χ4v) is 5.14. The van der Waals surface area contributed by atoms with E-state index in [1.807, 2.05) is 31.2 Å². The largest absolute Gasteiger partial charge is 0.497 e. The van der Waals surface area contributed by atoms with Crippen molar-refractivity contribution in [2.75, 3.05) is 27.2 Å². The summed E-state index contributed by atoms with van der Waals surface area (Å²) in [6.45, 7) is 3.07. The molecular formula is C22H28N2O4S. The molecule has 6 nitrogen and oxygen atoms in total. The van der Waals surface area contributed by atoms with Crippen LogP contribution >= 0.6 is 0 Å². The molecule has 0 spiro atoms. The number of carbonyl (C=O) groups excluding carboxylic acids is 1. The van der Waals surface area contributed by atoms with Gasteiger partial charge in [-0.25, -0.2) is 8.42 Å². The average molecular weight is 417 g/mol. The first-order chi connectivity index (χ1) is 13.8. The molecule has 156 valence electrons. The van der Waals surface area contributed by atoms with Crippen LogP contribution in [0.15, 0.2) is 53.4 Å². The van der Waals surface area contributed by atoms with E-state index in [2.05, 4.69) is 0 Å². The van der Waals surface area contributed by atoms with E-state index in [1.54, 1.807) is 43.3 Å². The Bertz CT molecular complexity index is 940. The van der Waals surface area contributed by atoms with Gasteiger partial charge in [0.25, 0.3) is 0 Å². The highest BCUT2D eigenvalue weighted by Crippen LogP contribution is 2.25. The van der Waals surface area contributed by atoms with Gasteiger partial charge in [0.1, 0.15) is 5.75 Å². The van der Waals surface area contributed by atoms with Crippen LogP contribution in [0.4, 0.5) is 0 Å². The average Bonchev–Trinajstić information content (AvgIpc) is 2.74. The maximum absolute atomic E-state index is 13.0. The van der Waals surface area contributed by atoms with Gasteiger partial charge in [0.15, 0.2) is 0 Å².